The number of benzene rings is 2. The van der Waals surface area contributed by atoms with Gasteiger partial charge in [-0.3, -0.25) is 14.4 Å². The SMILES string of the molecule is CC.CC(=O)SCC(C(=O)c1ccc(-c2ccccc2)cc1)C(C)(C)C(=O)O. The van der Waals surface area contributed by atoms with Crippen molar-refractivity contribution in [2.75, 3.05) is 5.75 Å². The number of aliphatic carboxylic acids is 1. The summed E-state index contributed by atoms with van der Waals surface area (Å²) in [4.78, 5) is 35.9. The van der Waals surface area contributed by atoms with Crippen LogP contribution in [0, 0.1) is 11.3 Å². The molecule has 1 atom stereocenters. The third-order valence-corrected chi connectivity index (χ3v) is 5.38. The smallest absolute Gasteiger partial charge is 0.309 e. The maximum absolute atomic E-state index is 13.0. The van der Waals surface area contributed by atoms with Gasteiger partial charge in [-0.2, -0.15) is 0 Å². The molecule has 0 heterocycles. The maximum atomic E-state index is 13.0. The van der Waals surface area contributed by atoms with Crippen LogP contribution in [0.25, 0.3) is 11.1 Å². The van der Waals surface area contributed by atoms with E-state index in [0.717, 1.165) is 22.9 Å². The zero-order valence-corrected chi connectivity index (χ0v) is 17.9. The van der Waals surface area contributed by atoms with Gasteiger partial charge in [0.05, 0.1) is 5.41 Å². The molecule has 0 aliphatic carbocycles. The van der Waals surface area contributed by atoms with E-state index >= 15 is 0 Å². The number of thioether (sulfide) groups is 1. The standard InChI is InChI=1S/C21H22O4S.C2H6/c1-14(22)26-13-18(21(2,3)20(24)25)19(23)17-11-9-16(10-12-17)15-7-5-4-6-8-15;1-2/h4-12,18H,13H2,1-3H3,(H,24,25);1-2H3. The molecule has 2 aromatic rings. The lowest BCUT2D eigenvalue weighted by atomic mass is 9.76. The lowest BCUT2D eigenvalue weighted by Crippen LogP contribution is -2.39. The molecule has 1 N–H and O–H groups in total. The number of rotatable bonds is 7. The molecule has 0 saturated heterocycles. The molecule has 0 fully saturated rings. The van der Waals surface area contributed by atoms with Gasteiger partial charge in [-0.25, -0.2) is 0 Å². The lowest BCUT2D eigenvalue weighted by Gasteiger charge is -2.29. The molecule has 5 heteroatoms. The van der Waals surface area contributed by atoms with E-state index in [1.54, 1.807) is 12.1 Å². The Hall–Kier alpha value is -2.40. The van der Waals surface area contributed by atoms with Crippen molar-refractivity contribution < 1.29 is 19.5 Å². The zero-order chi connectivity index (χ0) is 21.3. The Morgan fingerprint density at radius 2 is 1.43 bits per heavy atom. The van der Waals surface area contributed by atoms with Crippen LogP contribution < -0.4 is 0 Å². The Morgan fingerprint density at radius 3 is 1.89 bits per heavy atom. The van der Waals surface area contributed by atoms with Crippen LogP contribution in [0.4, 0.5) is 0 Å². The first-order valence-corrected chi connectivity index (χ1v) is 10.3. The molecule has 2 rings (SSSR count). The Bertz CT molecular complexity index is 795. The summed E-state index contributed by atoms with van der Waals surface area (Å²) in [5.41, 5.74) is 1.21. The highest BCUT2D eigenvalue weighted by Crippen LogP contribution is 2.33. The molecular weight excluding hydrogens is 372 g/mol. The van der Waals surface area contributed by atoms with Gasteiger partial charge in [0.15, 0.2) is 10.9 Å². The summed E-state index contributed by atoms with van der Waals surface area (Å²) in [6, 6.07) is 16.9. The van der Waals surface area contributed by atoms with Crippen molar-refractivity contribution in [3.8, 4) is 11.1 Å². The highest BCUT2D eigenvalue weighted by Gasteiger charge is 2.41. The third kappa shape index (κ3) is 6.06. The van der Waals surface area contributed by atoms with Gasteiger partial charge < -0.3 is 5.11 Å². The number of ketones is 1. The van der Waals surface area contributed by atoms with Gasteiger partial charge in [-0.05, 0) is 25.0 Å². The van der Waals surface area contributed by atoms with Crippen molar-refractivity contribution in [2.24, 2.45) is 11.3 Å². The predicted octanol–water partition coefficient (Wildman–Crippen LogP) is 5.57. The third-order valence-electron chi connectivity index (χ3n) is 4.47. The van der Waals surface area contributed by atoms with Gasteiger partial charge in [-0.15, -0.1) is 0 Å². The maximum Gasteiger partial charge on any atom is 0.309 e. The summed E-state index contributed by atoms with van der Waals surface area (Å²) in [5, 5.41) is 9.38. The first kappa shape index (κ1) is 23.6. The fourth-order valence-corrected chi connectivity index (χ4v) is 3.59. The first-order chi connectivity index (χ1) is 13.2. The summed E-state index contributed by atoms with van der Waals surface area (Å²) in [5.74, 6) is -1.96. The molecule has 2 aromatic carbocycles. The highest BCUT2D eigenvalue weighted by atomic mass is 32.2. The van der Waals surface area contributed by atoms with Crippen LogP contribution in [-0.4, -0.2) is 27.7 Å². The van der Waals surface area contributed by atoms with Crippen LogP contribution in [0.15, 0.2) is 54.6 Å². The summed E-state index contributed by atoms with van der Waals surface area (Å²) in [6.07, 6.45) is 0. The Labute approximate surface area is 171 Å². The molecule has 0 radical (unpaired) electrons. The number of carbonyl (C=O) groups excluding carboxylic acids is 2. The minimum atomic E-state index is -1.27. The quantitative estimate of drug-likeness (QED) is 0.615. The lowest BCUT2D eigenvalue weighted by molar-refractivity contribution is -0.148. The fraction of sp³-hybridized carbons (Fsp3) is 0.348. The molecular formula is C23H28O4S. The number of carbonyl (C=O) groups is 3. The van der Waals surface area contributed by atoms with Gasteiger partial charge in [-0.1, -0.05) is 80.2 Å². The van der Waals surface area contributed by atoms with Gasteiger partial charge in [0.1, 0.15) is 0 Å². The summed E-state index contributed by atoms with van der Waals surface area (Å²) < 4.78 is 0. The summed E-state index contributed by atoms with van der Waals surface area (Å²) in [6.45, 7) is 8.46. The van der Waals surface area contributed by atoms with E-state index in [-0.39, 0.29) is 16.7 Å². The Morgan fingerprint density at radius 1 is 0.929 bits per heavy atom. The van der Waals surface area contributed by atoms with Crippen molar-refractivity contribution in [2.45, 2.75) is 34.6 Å². The molecule has 1 unspecified atom stereocenters. The predicted molar refractivity (Wildman–Crippen MR) is 116 cm³/mol. The molecule has 150 valence electrons. The van der Waals surface area contributed by atoms with Crippen LogP contribution in [-0.2, 0) is 9.59 Å². The average Bonchev–Trinajstić information content (AvgIpc) is 2.70. The summed E-state index contributed by atoms with van der Waals surface area (Å²) >= 11 is 0.984. The van der Waals surface area contributed by atoms with E-state index in [1.807, 2.05) is 56.3 Å². The molecule has 0 aromatic heterocycles. The van der Waals surface area contributed by atoms with Crippen LogP contribution in [0.2, 0.25) is 0 Å². The van der Waals surface area contributed by atoms with E-state index < -0.39 is 17.3 Å². The average molecular weight is 401 g/mol. The van der Waals surface area contributed by atoms with Crippen LogP contribution in [0.1, 0.15) is 45.0 Å². The molecule has 0 aliphatic heterocycles. The van der Waals surface area contributed by atoms with Gasteiger partial charge in [0, 0.05) is 24.2 Å². The first-order valence-electron chi connectivity index (χ1n) is 9.30. The van der Waals surface area contributed by atoms with Gasteiger partial charge in [0.25, 0.3) is 0 Å². The Balaban J connectivity index is 0.00000190. The molecule has 0 saturated carbocycles. The van der Waals surface area contributed by atoms with Crippen molar-refractivity contribution in [3.05, 3.63) is 60.2 Å². The van der Waals surface area contributed by atoms with E-state index in [1.165, 1.54) is 20.8 Å². The second-order valence-corrected chi connectivity index (χ2v) is 7.89. The minimum absolute atomic E-state index is 0.136. The molecule has 0 bridgehead atoms. The second-order valence-electron chi connectivity index (χ2n) is 6.69. The zero-order valence-electron chi connectivity index (χ0n) is 17.1. The van der Waals surface area contributed by atoms with Crippen LogP contribution in [0.5, 0.6) is 0 Å². The van der Waals surface area contributed by atoms with Crippen LogP contribution in [0.3, 0.4) is 0 Å². The number of hydrogen-bond acceptors (Lipinski definition) is 4. The van der Waals surface area contributed by atoms with Crippen molar-refractivity contribution in [1.29, 1.82) is 0 Å². The Kier molecular flexibility index (Phi) is 9.13. The number of Topliss-reactive ketones (excluding diaryl/α,β-unsaturated/α-hetero) is 1. The largest absolute Gasteiger partial charge is 0.481 e. The van der Waals surface area contributed by atoms with Crippen molar-refractivity contribution >= 4 is 28.6 Å². The second kappa shape index (κ2) is 10.8. The van der Waals surface area contributed by atoms with E-state index in [2.05, 4.69) is 0 Å². The fourth-order valence-electron chi connectivity index (χ4n) is 2.62. The molecule has 0 spiro atoms. The molecule has 28 heavy (non-hydrogen) atoms. The number of carboxylic acid groups (broad SMARTS) is 1. The molecule has 4 nitrogen and oxygen atoms in total. The van der Waals surface area contributed by atoms with E-state index in [9.17, 15) is 19.5 Å². The van der Waals surface area contributed by atoms with Crippen LogP contribution >= 0.6 is 11.8 Å². The number of carboxylic acids is 1. The topological polar surface area (TPSA) is 71.4 Å². The number of hydrogen-bond donors (Lipinski definition) is 1. The molecule has 0 aliphatic rings. The van der Waals surface area contributed by atoms with Crippen molar-refractivity contribution in [1.82, 2.24) is 0 Å². The summed E-state index contributed by atoms with van der Waals surface area (Å²) in [7, 11) is 0. The monoisotopic (exact) mass is 400 g/mol. The molecule has 0 amide bonds. The van der Waals surface area contributed by atoms with Gasteiger partial charge >= 0.3 is 5.97 Å². The van der Waals surface area contributed by atoms with Gasteiger partial charge in [0.2, 0.25) is 0 Å². The highest BCUT2D eigenvalue weighted by molar-refractivity contribution is 8.13. The van der Waals surface area contributed by atoms with Crippen molar-refractivity contribution in [3.63, 3.8) is 0 Å². The van der Waals surface area contributed by atoms with E-state index in [0.29, 0.717) is 5.56 Å². The van der Waals surface area contributed by atoms with E-state index in [4.69, 9.17) is 0 Å². The normalized spacial score (nSPS) is 11.8. The minimum Gasteiger partial charge on any atom is -0.481 e.